The number of carbonyl (C=O) groups is 1. The zero-order chi connectivity index (χ0) is 18.5. The molecule has 1 aliphatic carbocycles. The van der Waals surface area contributed by atoms with E-state index >= 15 is 0 Å². The summed E-state index contributed by atoms with van der Waals surface area (Å²) in [5, 5.41) is 2.91. The van der Waals surface area contributed by atoms with Gasteiger partial charge >= 0.3 is 0 Å². The van der Waals surface area contributed by atoms with Crippen molar-refractivity contribution in [3.05, 3.63) is 66.2 Å². The highest BCUT2D eigenvalue weighted by atomic mass is 16.5. The summed E-state index contributed by atoms with van der Waals surface area (Å²) < 4.78 is 11.3. The molecule has 6 nitrogen and oxygen atoms in total. The summed E-state index contributed by atoms with van der Waals surface area (Å²) in [5.74, 6) is 1.06. The Bertz CT molecular complexity index is 885. The zero-order valence-electron chi connectivity index (χ0n) is 14.9. The average Bonchev–Trinajstić information content (AvgIpc) is 3.41. The minimum atomic E-state index is -0.191. The SMILES string of the molecule is O=C(NCc1cccnc1-c1ccco1)c1ccc(OC2CCCC2)nc1. The summed E-state index contributed by atoms with van der Waals surface area (Å²) in [6, 6.07) is 10.9. The van der Waals surface area contributed by atoms with Gasteiger partial charge < -0.3 is 14.5 Å². The molecule has 6 heteroatoms. The van der Waals surface area contributed by atoms with Crippen LogP contribution >= 0.6 is 0 Å². The summed E-state index contributed by atoms with van der Waals surface area (Å²) >= 11 is 0. The van der Waals surface area contributed by atoms with Crippen LogP contribution in [0.3, 0.4) is 0 Å². The van der Waals surface area contributed by atoms with Crippen molar-refractivity contribution in [2.45, 2.75) is 38.3 Å². The Morgan fingerprint density at radius 3 is 2.78 bits per heavy atom. The van der Waals surface area contributed by atoms with Crippen molar-refractivity contribution in [3.63, 3.8) is 0 Å². The van der Waals surface area contributed by atoms with Gasteiger partial charge in [-0.15, -0.1) is 0 Å². The molecule has 0 aromatic carbocycles. The van der Waals surface area contributed by atoms with E-state index in [9.17, 15) is 4.79 Å². The largest absolute Gasteiger partial charge is 0.474 e. The van der Waals surface area contributed by atoms with E-state index in [1.807, 2.05) is 24.3 Å². The number of ether oxygens (including phenoxy) is 1. The molecule has 27 heavy (non-hydrogen) atoms. The third-order valence-corrected chi connectivity index (χ3v) is 4.67. The summed E-state index contributed by atoms with van der Waals surface area (Å²) in [7, 11) is 0. The number of hydrogen-bond donors (Lipinski definition) is 1. The number of aromatic nitrogens is 2. The maximum atomic E-state index is 12.4. The van der Waals surface area contributed by atoms with Gasteiger partial charge in [0.15, 0.2) is 5.76 Å². The number of nitrogens with one attached hydrogen (secondary N) is 1. The molecular formula is C21H21N3O3. The molecule has 3 aromatic heterocycles. The summed E-state index contributed by atoms with van der Waals surface area (Å²) in [4.78, 5) is 21.1. The van der Waals surface area contributed by atoms with Crippen LogP contribution in [0.4, 0.5) is 0 Å². The Balaban J connectivity index is 1.38. The lowest BCUT2D eigenvalue weighted by atomic mass is 10.1. The standard InChI is InChI=1S/C21H21N3O3/c25-21(16-9-10-19(23-14-16)27-17-6-1-2-7-17)24-13-15-5-3-11-22-20(15)18-8-4-12-26-18/h3-5,8-12,14,17H,1-2,6-7,13H2,(H,24,25). The monoisotopic (exact) mass is 363 g/mol. The predicted molar refractivity (Wildman–Crippen MR) is 100 cm³/mol. The summed E-state index contributed by atoms with van der Waals surface area (Å²) in [6.45, 7) is 0.350. The van der Waals surface area contributed by atoms with Crippen molar-refractivity contribution >= 4 is 5.91 Å². The fourth-order valence-electron chi connectivity index (χ4n) is 3.26. The van der Waals surface area contributed by atoms with Gasteiger partial charge in [0.25, 0.3) is 5.91 Å². The van der Waals surface area contributed by atoms with Gasteiger partial charge in [-0.1, -0.05) is 6.07 Å². The molecule has 4 rings (SSSR count). The van der Waals surface area contributed by atoms with E-state index in [1.165, 1.54) is 12.8 Å². The smallest absolute Gasteiger partial charge is 0.253 e. The number of furan rings is 1. The Morgan fingerprint density at radius 2 is 2.04 bits per heavy atom. The number of pyridine rings is 2. The van der Waals surface area contributed by atoms with E-state index < -0.39 is 0 Å². The first kappa shape index (κ1) is 17.3. The van der Waals surface area contributed by atoms with E-state index in [4.69, 9.17) is 9.15 Å². The molecule has 1 fully saturated rings. The Morgan fingerprint density at radius 1 is 1.15 bits per heavy atom. The molecule has 0 spiro atoms. The first-order chi connectivity index (χ1) is 13.3. The quantitative estimate of drug-likeness (QED) is 0.716. The van der Waals surface area contributed by atoms with Crippen LogP contribution in [0.5, 0.6) is 5.88 Å². The molecule has 1 aliphatic rings. The Hall–Kier alpha value is -3.15. The van der Waals surface area contributed by atoms with Crippen molar-refractivity contribution < 1.29 is 13.9 Å². The molecule has 138 valence electrons. The van der Waals surface area contributed by atoms with Crippen LogP contribution in [0.25, 0.3) is 11.5 Å². The normalized spacial score (nSPS) is 14.2. The van der Waals surface area contributed by atoms with Crippen molar-refractivity contribution in [1.29, 1.82) is 0 Å². The molecule has 0 bridgehead atoms. The van der Waals surface area contributed by atoms with Crippen LogP contribution in [0.2, 0.25) is 0 Å². The van der Waals surface area contributed by atoms with Gasteiger partial charge in [-0.25, -0.2) is 4.98 Å². The molecule has 1 N–H and O–H groups in total. The zero-order valence-corrected chi connectivity index (χ0v) is 14.9. The summed E-state index contributed by atoms with van der Waals surface area (Å²) in [6.07, 6.45) is 9.68. The first-order valence-corrected chi connectivity index (χ1v) is 9.18. The highest BCUT2D eigenvalue weighted by molar-refractivity contribution is 5.93. The number of carbonyl (C=O) groups excluding carboxylic acids is 1. The third-order valence-electron chi connectivity index (χ3n) is 4.67. The third kappa shape index (κ3) is 4.16. The summed E-state index contributed by atoms with van der Waals surface area (Å²) in [5.41, 5.74) is 2.10. The molecular weight excluding hydrogens is 342 g/mol. The molecule has 0 unspecified atom stereocenters. The van der Waals surface area contributed by atoms with Crippen LogP contribution < -0.4 is 10.1 Å². The van der Waals surface area contributed by atoms with Crippen molar-refractivity contribution in [2.75, 3.05) is 0 Å². The average molecular weight is 363 g/mol. The predicted octanol–water partition coefficient (Wildman–Crippen LogP) is 3.99. The number of rotatable bonds is 6. The van der Waals surface area contributed by atoms with E-state index in [1.54, 1.807) is 30.8 Å². The first-order valence-electron chi connectivity index (χ1n) is 9.18. The topological polar surface area (TPSA) is 77.2 Å². The van der Waals surface area contributed by atoms with Crippen molar-refractivity contribution in [1.82, 2.24) is 15.3 Å². The lowest BCUT2D eigenvalue weighted by Gasteiger charge is -2.12. The van der Waals surface area contributed by atoms with E-state index in [2.05, 4.69) is 15.3 Å². The lowest BCUT2D eigenvalue weighted by molar-refractivity contribution is 0.0950. The number of nitrogens with zero attached hydrogens (tertiary/aromatic N) is 2. The maximum Gasteiger partial charge on any atom is 0.253 e. The van der Waals surface area contributed by atoms with Crippen LogP contribution in [0.1, 0.15) is 41.6 Å². The molecule has 0 radical (unpaired) electrons. The minimum Gasteiger partial charge on any atom is -0.474 e. The minimum absolute atomic E-state index is 0.191. The highest BCUT2D eigenvalue weighted by Crippen LogP contribution is 2.23. The fraction of sp³-hybridized carbons (Fsp3) is 0.286. The molecule has 0 atom stereocenters. The van der Waals surface area contributed by atoms with Gasteiger partial charge in [0.1, 0.15) is 11.8 Å². The second-order valence-corrected chi connectivity index (χ2v) is 6.58. The maximum absolute atomic E-state index is 12.4. The van der Waals surface area contributed by atoms with Gasteiger partial charge in [-0.2, -0.15) is 0 Å². The van der Waals surface area contributed by atoms with Gasteiger partial charge in [0, 0.05) is 30.6 Å². The number of hydrogen-bond acceptors (Lipinski definition) is 5. The second-order valence-electron chi connectivity index (χ2n) is 6.58. The molecule has 1 saturated carbocycles. The number of amides is 1. The van der Waals surface area contributed by atoms with Gasteiger partial charge in [0.05, 0.1) is 11.8 Å². The molecule has 1 amide bonds. The molecule has 3 heterocycles. The van der Waals surface area contributed by atoms with Crippen LogP contribution in [0, 0.1) is 0 Å². The van der Waals surface area contributed by atoms with E-state index in [0.29, 0.717) is 23.7 Å². The molecule has 0 aliphatic heterocycles. The van der Waals surface area contributed by atoms with Crippen LogP contribution in [-0.2, 0) is 6.54 Å². The van der Waals surface area contributed by atoms with Crippen LogP contribution in [0.15, 0.2) is 59.5 Å². The fourth-order valence-corrected chi connectivity index (χ4v) is 3.26. The van der Waals surface area contributed by atoms with E-state index in [0.717, 1.165) is 24.1 Å². The lowest BCUT2D eigenvalue weighted by Crippen LogP contribution is -2.23. The Kier molecular flexibility index (Phi) is 5.14. The molecule has 3 aromatic rings. The molecule has 0 saturated heterocycles. The van der Waals surface area contributed by atoms with Gasteiger partial charge in [0.2, 0.25) is 5.88 Å². The second kappa shape index (κ2) is 8.03. The van der Waals surface area contributed by atoms with Crippen LogP contribution in [-0.4, -0.2) is 22.0 Å². The van der Waals surface area contributed by atoms with E-state index in [-0.39, 0.29) is 12.0 Å². The Labute approximate surface area is 157 Å². The van der Waals surface area contributed by atoms with Gasteiger partial charge in [-0.3, -0.25) is 9.78 Å². The van der Waals surface area contributed by atoms with Gasteiger partial charge in [-0.05, 0) is 49.9 Å². The van der Waals surface area contributed by atoms with Crippen molar-refractivity contribution in [3.8, 4) is 17.3 Å². The van der Waals surface area contributed by atoms with Crippen molar-refractivity contribution in [2.24, 2.45) is 0 Å². The highest BCUT2D eigenvalue weighted by Gasteiger charge is 2.17.